The van der Waals surface area contributed by atoms with Crippen molar-refractivity contribution in [1.82, 2.24) is 9.55 Å². The number of para-hydroxylation sites is 1. The summed E-state index contributed by atoms with van der Waals surface area (Å²) in [6.45, 7) is 5.10. The van der Waals surface area contributed by atoms with Crippen LogP contribution >= 0.6 is 0 Å². The highest BCUT2D eigenvalue weighted by atomic mass is 16.2. The molecule has 2 aromatic carbocycles. The van der Waals surface area contributed by atoms with Crippen molar-refractivity contribution in [1.29, 1.82) is 0 Å². The zero-order valence-corrected chi connectivity index (χ0v) is 16.7. The molecular weight excluding hydrogens is 364 g/mol. The third-order valence-corrected chi connectivity index (χ3v) is 5.25. The molecular formula is C23H24N4O2. The van der Waals surface area contributed by atoms with E-state index in [1.807, 2.05) is 43.3 Å². The van der Waals surface area contributed by atoms with Crippen LogP contribution in [0.2, 0.25) is 0 Å². The maximum Gasteiger partial charge on any atom is 0.255 e. The van der Waals surface area contributed by atoms with Crippen LogP contribution < -0.4 is 15.8 Å². The molecule has 148 valence electrons. The van der Waals surface area contributed by atoms with Crippen molar-refractivity contribution in [3.63, 3.8) is 0 Å². The highest BCUT2D eigenvalue weighted by Gasteiger charge is 2.22. The van der Waals surface area contributed by atoms with Gasteiger partial charge in [0.05, 0.1) is 0 Å². The number of hydrogen-bond acceptors (Lipinski definition) is 4. The number of carbonyl (C=O) groups excluding carboxylic acids is 1. The number of anilines is 2. The molecule has 1 amide bonds. The molecule has 0 unspecified atom stereocenters. The van der Waals surface area contributed by atoms with Gasteiger partial charge in [-0.15, -0.1) is 0 Å². The lowest BCUT2D eigenvalue weighted by atomic mass is 10.0. The van der Waals surface area contributed by atoms with E-state index in [4.69, 9.17) is 0 Å². The largest absolute Gasteiger partial charge is 0.337 e. The minimum absolute atomic E-state index is 0.0755. The molecule has 4 rings (SSSR count). The molecule has 1 aromatic heterocycles. The first-order valence-corrected chi connectivity index (χ1v) is 9.77. The summed E-state index contributed by atoms with van der Waals surface area (Å²) >= 11 is 0. The first-order chi connectivity index (χ1) is 14.0. The van der Waals surface area contributed by atoms with Crippen LogP contribution in [0.25, 0.3) is 0 Å². The van der Waals surface area contributed by atoms with E-state index < -0.39 is 0 Å². The van der Waals surface area contributed by atoms with Crippen molar-refractivity contribution in [2.75, 3.05) is 16.8 Å². The van der Waals surface area contributed by atoms with E-state index in [9.17, 15) is 9.59 Å². The summed E-state index contributed by atoms with van der Waals surface area (Å²) in [5.74, 6) is 0.301. The number of amides is 1. The monoisotopic (exact) mass is 388 g/mol. The van der Waals surface area contributed by atoms with Crippen LogP contribution in [0.15, 0.2) is 59.4 Å². The standard InChI is InChI=1S/C23H24N4O2/c1-16-7-3-6-10-20(16)25-21(28)15-27-22(29)13-17(2)24-23(27)26-12-11-18-8-4-5-9-19(18)14-26/h3-10,13H,11-12,14-15H2,1-2H3,(H,25,28). The van der Waals surface area contributed by atoms with Gasteiger partial charge in [0.1, 0.15) is 6.54 Å². The number of rotatable bonds is 4. The smallest absolute Gasteiger partial charge is 0.255 e. The van der Waals surface area contributed by atoms with Gasteiger partial charge in [0.15, 0.2) is 0 Å². The van der Waals surface area contributed by atoms with E-state index in [0.29, 0.717) is 18.2 Å². The maximum absolute atomic E-state index is 12.7. The molecule has 0 spiro atoms. The lowest BCUT2D eigenvalue weighted by molar-refractivity contribution is -0.116. The molecule has 0 atom stereocenters. The van der Waals surface area contributed by atoms with Crippen molar-refractivity contribution >= 4 is 17.5 Å². The summed E-state index contributed by atoms with van der Waals surface area (Å²) in [4.78, 5) is 32.1. The van der Waals surface area contributed by atoms with Gasteiger partial charge in [-0.25, -0.2) is 4.98 Å². The highest BCUT2D eigenvalue weighted by Crippen LogP contribution is 2.23. The Bertz CT molecular complexity index is 1120. The zero-order valence-electron chi connectivity index (χ0n) is 16.7. The van der Waals surface area contributed by atoms with E-state index >= 15 is 0 Å². The van der Waals surface area contributed by atoms with E-state index in [2.05, 4.69) is 27.3 Å². The molecule has 1 aliphatic rings. The van der Waals surface area contributed by atoms with E-state index in [1.54, 1.807) is 6.92 Å². The number of nitrogens with zero attached hydrogens (tertiary/aromatic N) is 3. The number of nitrogens with one attached hydrogen (secondary N) is 1. The molecule has 0 fully saturated rings. The Morgan fingerprint density at radius 2 is 1.79 bits per heavy atom. The van der Waals surface area contributed by atoms with Gasteiger partial charge in [0.2, 0.25) is 11.9 Å². The van der Waals surface area contributed by atoms with Crippen molar-refractivity contribution in [3.8, 4) is 0 Å². The van der Waals surface area contributed by atoms with Crippen LogP contribution in [0, 0.1) is 13.8 Å². The van der Waals surface area contributed by atoms with E-state index in [0.717, 1.165) is 24.2 Å². The Balaban J connectivity index is 1.62. The van der Waals surface area contributed by atoms with E-state index in [-0.39, 0.29) is 18.0 Å². The molecule has 3 aromatic rings. The van der Waals surface area contributed by atoms with Crippen LogP contribution in [0.5, 0.6) is 0 Å². The average molecular weight is 388 g/mol. The molecule has 1 N–H and O–H groups in total. The minimum atomic E-state index is -0.245. The first kappa shape index (κ1) is 18.9. The molecule has 1 aliphatic heterocycles. The van der Waals surface area contributed by atoms with Gasteiger partial charge in [-0.05, 0) is 43.0 Å². The fourth-order valence-corrected chi connectivity index (χ4v) is 3.71. The summed E-state index contributed by atoms with van der Waals surface area (Å²) in [7, 11) is 0. The number of aromatic nitrogens is 2. The quantitative estimate of drug-likeness (QED) is 0.746. The zero-order chi connectivity index (χ0) is 20.4. The predicted octanol–water partition coefficient (Wildman–Crippen LogP) is 3.06. The van der Waals surface area contributed by atoms with E-state index in [1.165, 1.54) is 21.8 Å². The number of benzene rings is 2. The Hall–Kier alpha value is -3.41. The van der Waals surface area contributed by atoms with Crippen molar-refractivity contribution in [3.05, 3.63) is 87.3 Å². The second-order valence-electron chi connectivity index (χ2n) is 7.43. The summed E-state index contributed by atoms with van der Waals surface area (Å²) in [6.07, 6.45) is 0.884. The van der Waals surface area contributed by atoms with Gasteiger partial charge in [-0.2, -0.15) is 0 Å². The second kappa shape index (κ2) is 7.91. The van der Waals surface area contributed by atoms with Gasteiger partial charge in [-0.3, -0.25) is 14.2 Å². The van der Waals surface area contributed by atoms with Crippen LogP contribution in [-0.2, 0) is 24.3 Å². The second-order valence-corrected chi connectivity index (χ2v) is 7.43. The lowest BCUT2D eigenvalue weighted by Gasteiger charge is -2.31. The van der Waals surface area contributed by atoms with Crippen molar-refractivity contribution in [2.45, 2.75) is 33.4 Å². The predicted molar refractivity (Wildman–Crippen MR) is 114 cm³/mol. The topological polar surface area (TPSA) is 67.2 Å². The lowest BCUT2D eigenvalue weighted by Crippen LogP contribution is -2.38. The summed E-state index contributed by atoms with van der Waals surface area (Å²) < 4.78 is 1.47. The van der Waals surface area contributed by atoms with Crippen LogP contribution in [0.3, 0.4) is 0 Å². The van der Waals surface area contributed by atoms with Crippen LogP contribution in [0.4, 0.5) is 11.6 Å². The molecule has 0 aliphatic carbocycles. The van der Waals surface area contributed by atoms with Gasteiger partial charge in [0, 0.05) is 30.5 Å². The Kier molecular flexibility index (Phi) is 5.16. The number of hydrogen-bond donors (Lipinski definition) is 1. The Morgan fingerprint density at radius 1 is 1.07 bits per heavy atom. The molecule has 0 radical (unpaired) electrons. The highest BCUT2D eigenvalue weighted by molar-refractivity contribution is 5.91. The first-order valence-electron chi connectivity index (χ1n) is 9.77. The van der Waals surface area contributed by atoms with Crippen molar-refractivity contribution in [2.24, 2.45) is 0 Å². The summed E-state index contributed by atoms with van der Waals surface area (Å²) in [6, 6.07) is 17.4. The molecule has 0 bridgehead atoms. The molecule has 2 heterocycles. The minimum Gasteiger partial charge on any atom is -0.337 e. The third kappa shape index (κ3) is 4.06. The molecule has 6 nitrogen and oxygen atoms in total. The van der Waals surface area contributed by atoms with Gasteiger partial charge in [0.25, 0.3) is 5.56 Å². The molecule has 6 heteroatoms. The van der Waals surface area contributed by atoms with Gasteiger partial charge in [-0.1, -0.05) is 42.5 Å². The number of fused-ring (bicyclic) bond motifs is 1. The summed E-state index contributed by atoms with van der Waals surface area (Å²) in [5.41, 5.74) is 4.71. The fourth-order valence-electron chi connectivity index (χ4n) is 3.71. The third-order valence-electron chi connectivity index (χ3n) is 5.25. The number of carbonyl (C=O) groups is 1. The molecule has 29 heavy (non-hydrogen) atoms. The van der Waals surface area contributed by atoms with Crippen LogP contribution in [-0.4, -0.2) is 22.0 Å². The fraction of sp³-hybridized carbons (Fsp3) is 0.261. The maximum atomic E-state index is 12.7. The molecule has 0 saturated heterocycles. The summed E-state index contributed by atoms with van der Waals surface area (Å²) in [5, 5.41) is 2.90. The Morgan fingerprint density at radius 3 is 2.59 bits per heavy atom. The van der Waals surface area contributed by atoms with Crippen molar-refractivity contribution < 1.29 is 4.79 Å². The Labute approximate surface area is 169 Å². The van der Waals surface area contributed by atoms with Gasteiger partial charge < -0.3 is 10.2 Å². The SMILES string of the molecule is Cc1cc(=O)n(CC(=O)Nc2ccccc2C)c(N2CCc3ccccc3C2)n1. The normalized spacial score (nSPS) is 13.1. The molecule has 0 saturated carbocycles. The number of aryl methyl sites for hydroxylation is 2. The average Bonchev–Trinajstić information content (AvgIpc) is 2.71. The van der Waals surface area contributed by atoms with Crippen LogP contribution in [0.1, 0.15) is 22.4 Å². The van der Waals surface area contributed by atoms with Gasteiger partial charge >= 0.3 is 0 Å².